The van der Waals surface area contributed by atoms with Gasteiger partial charge in [-0.2, -0.15) is 5.10 Å². The van der Waals surface area contributed by atoms with E-state index in [0.717, 1.165) is 11.1 Å². The third-order valence-electron chi connectivity index (χ3n) is 5.66. The molecule has 0 bridgehead atoms. The number of benzene rings is 3. The zero-order valence-corrected chi connectivity index (χ0v) is 19.5. The molecule has 35 heavy (non-hydrogen) atoms. The van der Waals surface area contributed by atoms with Crippen LogP contribution in [0.3, 0.4) is 0 Å². The fourth-order valence-electron chi connectivity index (χ4n) is 3.79. The quantitative estimate of drug-likeness (QED) is 0.370. The molecule has 0 fully saturated rings. The maximum atomic E-state index is 13.5. The van der Waals surface area contributed by atoms with E-state index in [2.05, 4.69) is 10.4 Å². The summed E-state index contributed by atoms with van der Waals surface area (Å²) in [4.78, 5) is 27.2. The minimum absolute atomic E-state index is 0.0700. The van der Waals surface area contributed by atoms with Gasteiger partial charge in [0.2, 0.25) is 11.8 Å². The molecule has 0 spiro atoms. The lowest BCUT2D eigenvalue weighted by Crippen LogP contribution is -2.38. The number of nitrogens with one attached hydrogen (secondary N) is 1. The summed E-state index contributed by atoms with van der Waals surface area (Å²) in [7, 11) is 0. The first-order chi connectivity index (χ1) is 17.0. The molecule has 1 N–H and O–H groups in total. The van der Waals surface area contributed by atoms with Crippen LogP contribution in [-0.2, 0) is 16.0 Å². The molecule has 1 heterocycles. The number of halogens is 1. The van der Waals surface area contributed by atoms with Crippen LogP contribution >= 0.6 is 0 Å². The highest BCUT2D eigenvalue weighted by Crippen LogP contribution is 2.25. The molecular formula is C28H27FN4O2. The van der Waals surface area contributed by atoms with Crippen molar-refractivity contribution in [2.24, 2.45) is 0 Å². The number of rotatable bonds is 9. The highest BCUT2D eigenvalue weighted by atomic mass is 19.1. The second-order valence-electron chi connectivity index (χ2n) is 8.11. The number of nitrogens with zero attached hydrogens (tertiary/aromatic N) is 3. The molecule has 3 aromatic carbocycles. The van der Waals surface area contributed by atoms with Crippen molar-refractivity contribution in [1.29, 1.82) is 0 Å². The maximum absolute atomic E-state index is 13.5. The molecule has 0 aliphatic carbocycles. The van der Waals surface area contributed by atoms with Gasteiger partial charge in [-0.25, -0.2) is 9.07 Å². The molecule has 0 saturated carbocycles. The fourth-order valence-corrected chi connectivity index (χ4v) is 3.79. The van der Waals surface area contributed by atoms with Gasteiger partial charge in [0.15, 0.2) is 0 Å². The van der Waals surface area contributed by atoms with E-state index < -0.39 is 0 Å². The van der Waals surface area contributed by atoms with E-state index in [1.54, 1.807) is 22.9 Å². The number of aromatic nitrogens is 2. The Morgan fingerprint density at radius 1 is 0.943 bits per heavy atom. The number of anilines is 1. The standard InChI is InChI=1S/C28H27FN4O2/c1-2-32(28(35)18-13-21-9-5-3-6-10-21)20-27(34)30-26-19-25(22-11-7-4-8-12-22)31-33(26)24-16-14-23(29)15-17-24/h3-12,14-17,19H,2,13,18,20H2,1H3,(H,30,34). The second kappa shape index (κ2) is 11.2. The minimum atomic E-state index is -0.359. The topological polar surface area (TPSA) is 67.2 Å². The van der Waals surface area contributed by atoms with Crippen LogP contribution in [0.4, 0.5) is 10.2 Å². The van der Waals surface area contributed by atoms with E-state index in [-0.39, 0.29) is 24.2 Å². The van der Waals surface area contributed by atoms with Gasteiger partial charge in [-0.05, 0) is 43.2 Å². The molecule has 0 unspecified atom stereocenters. The average molecular weight is 471 g/mol. The number of amides is 2. The monoisotopic (exact) mass is 470 g/mol. The Morgan fingerprint density at radius 3 is 2.26 bits per heavy atom. The zero-order chi connectivity index (χ0) is 24.6. The van der Waals surface area contributed by atoms with Crippen molar-refractivity contribution in [2.75, 3.05) is 18.4 Å². The largest absolute Gasteiger partial charge is 0.334 e. The summed E-state index contributed by atoms with van der Waals surface area (Å²) in [6.07, 6.45) is 0.951. The predicted molar refractivity (Wildman–Crippen MR) is 135 cm³/mol. The van der Waals surface area contributed by atoms with Gasteiger partial charge in [0.1, 0.15) is 11.6 Å². The highest BCUT2D eigenvalue weighted by molar-refractivity contribution is 5.94. The molecule has 0 radical (unpaired) electrons. The number of carbonyl (C=O) groups excluding carboxylic acids is 2. The maximum Gasteiger partial charge on any atom is 0.245 e. The molecule has 4 aromatic rings. The van der Waals surface area contributed by atoms with Crippen molar-refractivity contribution in [3.63, 3.8) is 0 Å². The first-order valence-electron chi connectivity index (χ1n) is 11.6. The van der Waals surface area contributed by atoms with Gasteiger partial charge in [-0.3, -0.25) is 9.59 Å². The van der Waals surface area contributed by atoms with Crippen LogP contribution in [0.5, 0.6) is 0 Å². The lowest BCUT2D eigenvalue weighted by molar-refractivity contribution is -0.134. The van der Waals surface area contributed by atoms with Gasteiger partial charge in [-0.15, -0.1) is 0 Å². The third kappa shape index (κ3) is 6.20. The summed E-state index contributed by atoms with van der Waals surface area (Å²) in [5.74, 6) is -0.332. The SMILES string of the molecule is CCN(CC(=O)Nc1cc(-c2ccccc2)nn1-c1ccc(F)cc1)C(=O)CCc1ccccc1. The van der Waals surface area contributed by atoms with E-state index in [9.17, 15) is 14.0 Å². The number of carbonyl (C=O) groups is 2. The van der Waals surface area contributed by atoms with Gasteiger partial charge in [-0.1, -0.05) is 60.7 Å². The first-order valence-corrected chi connectivity index (χ1v) is 11.6. The summed E-state index contributed by atoms with van der Waals surface area (Å²) in [5.41, 5.74) is 3.24. The Labute approximate surface area is 204 Å². The zero-order valence-electron chi connectivity index (χ0n) is 19.5. The van der Waals surface area contributed by atoms with Crippen LogP contribution in [0.2, 0.25) is 0 Å². The normalized spacial score (nSPS) is 10.7. The van der Waals surface area contributed by atoms with Gasteiger partial charge in [0.25, 0.3) is 0 Å². The van der Waals surface area contributed by atoms with Crippen LogP contribution in [0, 0.1) is 5.82 Å². The summed E-state index contributed by atoms with van der Waals surface area (Å²) >= 11 is 0. The Morgan fingerprint density at radius 2 is 1.60 bits per heavy atom. The van der Waals surface area contributed by atoms with E-state index in [4.69, 9.17) is 0 Å². The van der Waals surface area contributed by atoms with E-state index in [1.807, 2.05) is 67.6 Å². The smallest absolute Gasteiger partial charge is 0.245 e. The molecule has 178 valence electrons. The predicted octanol–water partition coefficient (Wildman–Crippen LogP) is 5.10. The van der Waals surface area contributed by atoms with Gasteiger partial charge >= 0.3 is 0 Å². The molecule has 0 aliphatic rings. The molecule has 0 saturated heterocycles. The molecule has 7 heteroatoms. The first kappa shape index (κ1) is 23.9. The number of aryl methyl sites for hydroxylation is 1. The molecule has 4 rings (SSSR count). The lowest BCUT2D eigenvalue weighted by atomic mass is 10.1. The van der Waals surface area contributed by atoms with Crippen molar-refractivity contribution in [3.8, 4) is 16.9 Å². The number of likely N-dealkylation sites (N-methyl/N-ethyl adjacent to an activating group) is 1. The Hall–Kier alpha value is -4.26. The Bertz CT molecular complexity index is 1270. The number of hydrogen-bond acceptors (Lipinski definition) is 3. The summed E-state index contributed by atoms with van der Waals surface area (Å²) in [6, 6.07) is 27.0. The molecular weight excluding hydrogens is 443 g/mol. The molecule has 0 atom stereocenters. The van der Waals surface area contributed by atoms with Crippen LogP contribution in [-0.4, -0.2) is 39.6 Å². The Kier molecular flexibility index (Phi) is 7.67. The molecule has 1 aromatic heterocycles. The van der Waals surface area contributed by atoms with Crippen LogP contribution < -0.4 is 5.32 Å². The second-order valence-corrected chi connectivity index (χ2v) is 8.11. The summed E-state index contributed by atoms with van der Waals surface area (Å²) in [5, 5.41) is 7.51. The molecule has 2 amide bonds. The van der Waals surface area contributed by atoms with Crippen molar-refractivity contribution in [2.45, 2.75) is 19.8 Å². The fraction of sp³-hybridized carbons (Fsp3) is 0.179. The van der Waals surface area contributed by atoms with Gasteiger partial charge < -0.3 is 10.2 Å². The van der Waals surface area contributed by atoms with Crippen LogP contribution in [0.1, 0.15) is 18.9 Å². The lowest BCUT2D eigenvalue weighted by Gasteiger charge is -2.20. The van der Waals surface area contributed by atoms with E-state index >= 15 is 0 Å². The van der Waals surface area contributed by atoms with Crippen LogP contribution in [0.15, 0.2) is 91.0 Å². The summed E-state index contributed by atoms with van der Waals surface area (Å²) in [6.45, 7) is 2.21. The van der Waals surface area contributed by atoms with Crippen LogP contribution in [0.25, 0.3) is 16.9 Å². The van der Waals surface area contributed by atoms with E-state index in [0.29, 0.717) is 36.6 Å². The molecule has 6 nitrogen and oxygen atoms in total. The number of hydrogen-bond donors (Lipinski definition) is 1. The third-order valence-corrected chi connectivity index (χ3v) is 5.66. The highest BCUT2D eigenvalue weighted by Gasteiger charge is 2.18. The minimum Gasteiger partial charge on any atom is -0.334 e. The van der Waals surface area contributed by atoms with Crippen molar-refractivity contribution >= 4 is 17.6 Å². The van der Waals surface area contributed by atoms with Gasteiger partial charge in [0.05, 0.1) is 17.9 Å². The van der Waals surface area contributed by atoms with Crippen molar-refractivity contribution in [1.82, 2.24) is 14.7 Å². The van der Waals surface area contributed by atoms with Gasteiger partial charge in [0, 0.05) is 24.6 Å². The summed E-state index contributed by atoms with van der Waals surface area (Å²) < 4.78 is 15.0. The Balaban J connectivity index is 1.49. The average Bonchev–Trinajstić information content (AvgIpc) is 3.31. The van der Waals surface area contributed by atoms with Crippen molar-refractivity contribution < 1.29 is 14.0 Å². The van der Waals surface area contributed by atoms with Crippen molar-refractivity contribution in [3.05, 3.63) is 102 Å². The van der Waals surface area contributed by atoms with E-state index in [1.165, 1.54) is 17.0 Å². The molecule has 0 aliphatic heterocycles.